The van der Waals surface area contributed by atoms with E-state index in [1.54, 1.807) is 0 Å². The third kappa shape index (κ3) is 3.87. The number of ether oxygens (including phenoxy) is 1. The Hall–Kier alpha value is -2.42. The molecule has 96 valence electrons. The molecular weight excluding hydrogens is 266 g/mol. The summed E-state index contributed by atoms with van der Waals surface area (Å²) in [4.78, 5) is 20.3. The molecule has 18 heavy (non-hydrogen) atoms. The highest BCUT2D eigenvalue weighted by atomic mass is 32.2. The van der Waals surface area contributed by atoms with E-state index < -0.39 is 21.4 Å². The number of hydrogen-bond donors (Lipinski definition) is 1. The molecule has 0 aliphatic heterocycles. The number of hydrogen-bond acceptors (Lipinski definition) is 6. The van der Waals surface area contributed by atoms with Gasteiger partial charge in [0.1, 0.15) is 5.75 Å². The lowest BCUT2D eigenvalue weighted by molar-refractivity contribution is -0.384. The van der Waals surface area contributed by atoms with Gasteiger partial charge in [0, 0.05) is 29.5 Å². The van der Waals surface area contributed by atoms with Crippen LogP contribution in [0.25, 0.3) is 0 Å². The molecule has 0 amide bonds. The van der Waals surface area contributed by atoms with Gasteiger partial charge in [-0.2, -0.15) is 8.42 Å². The van der Waals surface area contributed by atoms with Gasteiger partial charge >= 0.3 is 6.16 Å². The SMILES string of the molecule is O=C(O)Oc1ccc([N+](=O)[O-])cc1CC=S(=O)=O. The van der Waals surface area contributed by atoms with Crippen LogP contribution in [-0.4, -0.2) is 30.0 Å². The Balaban J connectivity index is 3.20. The average molecular weight is 273 g/mol. The van der Waals surface area contributed by atoms with Crippen LogP contribution in [0.4, 0.5) is 10.5 Å². The third-order valence-corrected chi connectivity index (χ3v) is 2.33. The van der Waals surface area contributed by atoms with Crippen molar-refractivity contribution in [1.82, 2.24) is 0 Å². The molecule has 0 spiro atoms. The lowest BCUT2D eigenvalue weighted by atomic mass is 10.1. The molecule has 0 saturated carbocycles. The first-order valence-electron chi connectivity index (χ1n) is 4.49. The summed E-state index contributed by atoms with van der Waals surface area (Å²) in [6.07, 6.45) is -1.78. The highest BCUT2D eigenvalue weighted by Gasteiger charge is 2.13. The van der Waals surface area contributed by atoms with E-state index in [4.69, 9.17) is 5.11 Å². The number of carbonyl (C=O) groups is 1. The Labute approximate surface area is 102 Å². The van der Waals surface area contributed by atoms with Crippen molar-refractivity contribution >= 4 is 27.5 Å². The van der Waals surface area contributed by atoms with Crippen LogP contribution in [0.5, 0.6) is 5.75 Å². The summed E-state index contributed by atoms with van der Waals surface area (Å²) in [6, 6.07) is 3.22. The number of carboxylic acid groups (broad SMARTS) is 1. The quantitative estimate of drug-likeness (QED) is 0.284. The van der Waals surface area contributed by atoms with Gasteiger partial charge in [0.05, 0.1) is 4.92 Å². The second-order valence-corrected chi connectivity index (χ2v) is 3.90. The summed E-state index contributed by atoms with van der Waals surface area (Å²) in [7, 11) is -2.45. The minimum absolute atomic E-state index is 0.0933. The van der Waals surface area contributed by atoms with E-state index in [1.165, 1.54) is 0 Å². The molecule has 8 nitrogen and oxygen atoms in total. The minimum Gasteiger partial charge on any atom is -0.449 e. The molecule has 9 heteroatoms. The molecule has 0 saturated heterocycles. The van der Waals surface area contributed by atoms with Crippen LogP contribution >= 0.6 is 0 Å². The molecular formula is C9H7NO7S. The lowest BCUT2D eigenvalue weighted by Crippen LogP contribution is -2.06. The first-order chi connectivity index (χ1) is 8.40. The van der Waals surface area contributed by atoms with E-state index in [-0.39, 0.29) is 23.4 Å². The Morgan fingerprint density at radius 2 is 2.17 bits per heavy atom. The highest BCUT2D eigenvalue weighted by Crippen LogP contribution is 2.24. The smallest absolute Gasteiger partial charge is 0.449 e. The Morgan fingerprint density at radius 1 is 1.50 bits per heavy atom. The first-order valence-corrected chi connectivity index (χ1v) is 5.63. The van der Waals surface area contributed by atoms with Gasteiger partial charge < -0.3 is 9.84 Å². The zero-order valence-electron chi connectivity index (χ0n) is 8.77. The third-order valence-electron chi connectivity index (χ3n) is 1.89. The number of non-ortho nitro benzene ring substituents is 1. The van der Waals surface area contributed by atoms with Gasteiger partial charge in [-0.3, -0.25) is 10.1 Å². The van der Waals surface area contributed by atoms with Gasteiger partial charge in [-0.05, 0) is 6.07 Å². The molecule has 0 heterocycles. The number of nitro benzene ring substituents is 1. The van der Waals surface area contributed by atoms with Crippen LogP contribution in [0.15, 0.2) is 18.2 Å². The van der Waals surface area contributed by atoms with Crippen molar-refractivity contribution in [3.63, 3.8) is 0 Å². The lowest BCUT2D eigenvalue weighted by Gasteiger charge is -2.05. The molecule has 0 aromatic heterocycles. The minimum atomic E-state index is -2.45. The molecule has 0 aliphatic carbocycles. The topological polar surface area (TPSA) is 124 Å². The standard InChI is InChI=1S/C9H7NO7S/c11-9(12)17-8-2-1-7(10(13)14)5-6(8)3-4-18(15)16/h1-2,4-5H,3H2,(H,11,12). The maximum atomic E-state index is 10.5. The largest absolute Gasteiger partial charge is 0.511 e. The van der Waals surface area contributed by atoms with E-state index in [0.29, 0.717) is 0 Å². The highest BCUT2D eigenvalue weighted by molar-refractivity contribution is 7.71. The van der Waals surface area contributed by atoms with Crippen molar-refractivity contribution in [2.75, 3.05) is 0 Å². The molecule has 1 rings (SSSR count). The van der Waals surface area contributed by atoms with Gasteiger partial charge in [0.2, 0.25) is 10.3 Å². The van der Waals surface area contributed by atoms with Gasteiger partial charge in [0.15, 0.2) is 0 Å². The van der Waals surface area contributed by atoms with E-state index >= 15 is 0 Å². The maximum absolute atomic E-state index is 10.5. The van der Waals surface area contributed by atoms with Crippen LogP contribution in [-0.2, 0) is 16.7 Å². The molecule has 1 aromatic carbocycles. The second kappa shape index (κ2) is 5.77. The summed E-state index contributed by atoms with van der Waals surface area (Å²) in [5.74, 6) is -0.144. The molecule has 0 fully saturated rings. The van der Waals surface area contributed by atoms with Crippen LogP contribution < -0.4 is 4.74 Å². The van der Waals surface area contributed by atoms with Crippen molar-refractivity contribution in [3.8, 4) is 5.75 Å². The first kappa shape index (κ1) is 13.6. The van der Waals surface area contributed by atoms with E-state index in [0.717, 1.165) is 23.6 Å². The normalized spacial score (nSPS) is 9.56. The fourth-order valence-corrected chi connectivity index (χ4v) is 1.51. The Bertz CT molecular complexity index is 612. The second-order valence-electron chi connectivity index (χ2n) is 3.05. The van der Waals surface area contributed by atoms with Crippen molar-refractivity contribution in [2.45, 2.75) is 6.42 Å². The summed E-state index contributed by atoms with van der Waals surface area (Å²) in [5.41, 5.74) is -0.191. The van der Waals surface area contributed by atoms with E-state index in [9.17, 15) is 23.3 Å². The summed E-state index contributed by atoms with van der Waals surface area (Å²) >= 11 is 0. The maximum Gasteiger partial charge on any atom is 0.511 e. The summed E-state index contributed by atoms with van der Waals surface area (Å²) in [5, 5.41) is 19.8. The van der Waals surface area contributed by atoms with Crippen molar-refractivity contribution in [2.24, 2.45) is 0 Å². The van der Waals surface area contributed by atoms with Gasteiger partial charge in [-0.1, -0.05) is 0 Å². The van der Waals surface area contributed by atoms with Crippen LogP contribution in [0, 0.1) is 10.1 Å². The van der Waals surface area contributed by atoms with E-state index in [2.05, 4.69) is 4.74 Å². The van der Waals surface area contributed by atoms with Crippen LogP contribution in [0.1, 0.15) is 5.56 Å². The molecule has 0 radical (unpaired) electrons. The monoisotopic (exact) mass is 273 g/mol. The average Bonchev–Trinajstić information content (AvgIpc) is 2.26. The van der Waals surface area contributed by atoms with Crippen molar-refractivity contribution in [1.29, 1.82) is 0 Å². The van der Waals surface area contributed by atoms with Gasteiger partial charge in [0.25, 0.3) is 5.69 Å². The van der Waals surface area contributed by atoms with Crippen molar-refractivity contribution < 1.29 is 28.0 Å². The van der Waals surface area contributed by atoms with Gasteiger partial charge in [-0.25, -0.2) is 4.79 Å². The molecule has 1 N–H and O–H groups in total. The Kier molecular flexibility index (Phi) is 4.38. The number of benzene rings is 1. The van der Waals surface area contributed by atoms with Crippen molar-refractivity contribution in [3.05, 3.63) is 33.9 Å². The number of rotatable bonds is 4. The predicted octanol–water partition coefficient (Wildman–Crippen LogP) is 0.875. The van der Waals surface area contributed by atoms with E-state index in [1.807, 2.05) is 0 Å². The van der Waals surface area contributed by atoms with Gasteiger partial charge in [-0.15, -0.1) is 0 Å². The summed E-state index contributed by atoms with van der Waals surface area (Å²) < 4.78 is 25.1. The number of nitrogens with zero attached hydrogens (tertiary/aromatic N) is 1. The molecule has 0 unspecified atom stereocenters. The fourth-order valence-electron chi connectivity index (χ4n) is 1.19. The predicted molar refractivity (Wildman–Crippen MR) is 60.4 cm³/mol. The van der Waals surface area contributed by atoms with Crippen LogP contribution in [0.3, 0.4) is 0 Å². The fraction of sp³-hybridized carbons (Fsp3) is 0.111. The zero-order valence-corrected chi connectivity index (χ0v) is 9.59. The molecule has 0 atom stereocenters. The molecule has 1 aromatic rings. The Morgan fingerprint density at radius 3 is 2.67 bits per heavy atom. The zero-order chi connectivity index (χ0) is 13.7. The summed E-state index contributed by atoms with van der Waals surface area (Å²) in [6.45, 7) is 0. The number of nitro groups is 1. The van der Waals surface area contributed by atoms with Crippen LogP contribution in [0.2, 0.25) is 0 Å². The molecule has 0 bridgehead atoms. The molecule has 0 aliphatic rings.